The van der Waals surface area contributed by atoms with Crippen LogP contribution in [0.2, 0.25) is 0 Å². The molecule has 0 aliphatic carbocycles. The van der Waals surface area contributed by atoms with E-state index in [0.29, 0.717) is 26.2 Å². The summed E-state index contributed by atoms with van der Waals surface area (Å²) in [7, 11) is 0. The standard InChI is InChI=1S/C21H25F3N6O/c1-15-13-18(27-20(26-15)30-7-3-2-4-8-30)28-9-11-29(12-10-28)19(31)16-5-6-17(25-14-16)21(22,23)24/h5-6,13-14H,2-4,7-12H2,1H3. The zero-order valence-corrected chi connectivity index (χ0v) is 17.4. The first kappa shape index (κ1) is 21.3. The quantitative estimate of drug-likeness (QED) is 0.740. The van der Waals surface area contributed by atoms with Crippen LogP contribution in [0.25, 0.3) is 0 Å². The normalized spacial score (nSPS) is 17.7. The van der Waals surface area contributed by atoms with Crippen LogP contribution in [0.1, 0.15) is 41.0 Å². The fraction of sp³-hybridized carbons (Fsp3) is 0.524. The molecule has 31 heavy (non-hydrogen) atoms. The van der Waals surface area contributed by atoms with Gasteiger partial charge in [0.25, 0.3) is 5.91 Å². The number of aromatic nitrogens is 3. The molecule has 2 saturated heterocycles. The molecule has 4 heterocycles. The van der Waals surface area contributed by atoms with Gasteiger partial charge in [-0.1, -0.05) is 0 Å². The van der Waals surface area contributed by atoms with Gasteiger partial charge in [-0.15, -0.1) is 0 Å². The van der Waals surface area contributed by atoms with E-state index in [1.807, 2.05) is 13.0 Å². The average Bonchev–Trinajstić information content (AvgIpc) is 2.78. The van der Waals surface area contributed by atoms with Crippen LogP contribution in [0, 0.1) is 6.92 Å². The van der Waals surface area contributed by atoms with Gasteiger partial charge >= 0.3 is 6.18 Å². The van der Waals surface area contributed by atoms with Crippen molar-refractivity contribution < 1.29 is 18.0 Å². The molecule has 0 bridgehead atoms. The van der Waals surface area contributed by atoms with Crippen molar-refractivity contribution in [3.05, 3.63) is 41.3 Å². The lowest BCUT2D eigenvalue weighted by molar-refractivity contribution is -0.141. The van der Waals surface area contributed by atoms with Gasteiger partial charge < -0.3 is 14.7 Å². The number of piperazine rings is 1. The number of halogens is 3. The number of anilines is 2. The Morgan fingerprint density at radius 2 is 1.65 bits per heavy atom. The highest BCUT2D eigenvalue weighted by Crippen LogP contribution is 2.27. The van der Waals surface area contributed by atoms with Gasteiger partial charge in [-0.25, -0.2) is 4.98 Å². The maximum Gasteiger partial charge on any atom is 0.433 e. The monoisotopic (exact) mass is 434 g/mol. The van der Waals surface area contributed by atoms with Crippen LogP contribution in [0.3, 0.4) is 0 Å². The van der Waals surface area contributed by atoms with E-state index in [2.05, 4.69) is 19.8 Å². The number of amides is 1. The van der Waals surface area contributed by atoms with E-state index < -0.39 is 11.9 Å². The van der Waals surface area contributed by atoms with Crippen molar-refractivity contribution in [2.75, 3.05) is 49.1 Å². The number of carbonyl (C=O) groups is 1. The third-order valence-electron chi connectivity index (χ3n) is 5.66. The summed E-state index contributed by atoms with van der Waals surface area (Å²) >= 11 is 0. The maximum atomic E-state index is 12.7. The molecule has 10 heteroatoms. The molecular weight excluding hydrogens is 409 g/mol. The first-order valence-corrected chi connectivity index (χ1v) is 10.5. The maximum absolute atomic E-state index is 12.7. The summed E-state index contributed by atoms with van der Waals surface area (Å²) in [6.07, 6.45) is 0.00417. The van der Waals surface area contributed by atoms with Crippen molar-refractivity contribution >= 4 is 17.7 Å². The molecule has 2 aromatic heterocycles. The first-order valence-electron chi connectivity index (χ1n) is 10.5. The van der Waals surface area contributed by atoms with Gasteiger partial charge in [0, 0.05) is 57.2 Å². The van der Waals surface area contributed by atoms with E-state index in [-0.39, 0.29) is 11.5 Å². The molecule has 7 nitrogen and oxygen atoms in total. The Bertz CT molecular complexity index is 920. The fourth-order valence-corrected chi connectivity index (χ4v) is 3.94. The van der Waals surface area contributed by atoms with Crippen LogP contribution in [-0.4, -0.2) is 65.0 Å². The fourth-order valence-electron chi connectivity index (χ4n) is 3.94. The first-order chi connectivity index (χ1) is 14.8. The van der Waals surface area contributed by atoms with Gasteiger partial charge in [0.1, 0.15) is 11.5 Å². The Hall–Kier alpha value is -2.91. The molecule has 4 rings (SSSR count). The number of alkyl halides is 3. The Morgan fingerprint density at radius 3 is 2.26 bits per heavy atom. The zero-order chi connectivity index (χ0) is 22.0. The van der Waals surface area contributed by atoms with Crippen LogP contribution < -0.4 is 9.80 Å². The summed E-state index contributed by atoms with van der Waals surface area (Å²) in [5.74, 6) is 1.29. The molecule has 2 aromatic rings. The minimum Gasteiger partial charge on any atom is -0.353 e. The van der Waals surface area contributed by atoms with Gasteiger partial charge in [0.2, 0.25) is 5.95 Å². The highest BCUT2D eigenvalue weighted by atomic mass is 19.4. The van der Waals surface area contributed by atoms with Gasteiger partial charge in [-0.05, 0) is 38.3 Å². The highest BCUT2D eigenvalue weighted by Gasteiger charge is 2.32. The lowest BCUT2D eigenvalue weighted by Gasteiger charge is -2.36. The molecule has 2 aliphatic heterocycles. The third-order valence-corrected chi connectivity index (χ3v) is 5.66. The molecular formula is C21H25F3N6O. The number of nitrogens with zero attached hydrogens (tertiary/aromatic N) is 6. The van der Waals surface area contributed by atoms with E-state index in [0.717, 1.165) is 55.7 Å². The minimum absolute atomic E-state index is 0.159. The SMILES string of the molecule is Cc1cc(N2CCN(C(=O)c3ccc(C(F)(F)F)nc3)CC2)nc(N2CCCCC2)n1. The molecule has 0 saturated carbocycles. The Morgan fingerprint density at radius 1 is 0.935 bits per heavy atom. The highest BCUT2D eigenvalue weighted by molar-refractivity contribution is 5.94. The van der Waals surface area contributed by atoms with E-state index in [1.54, 1.807) is 4.90 Å². The number of aryl methyl sites for hydroxylation is 1. The van der Waals surface area contributed by atoms with Crippen molar-refractivity contribution in [3.63, 3.8) is 0 Å². The number of hydrogen-bond donors (Lipinski definition) is 0. The summed E-state index contributed by atoms with van der Waals surface area (Å²) in [4.78, 5) is 31.4. The largest absolute Gasteiger partial charge is 0.433 e. The van der Waals surface area contributed by atoms with Crippen LogP contribution in [0.15, 0.2) is 24.4 Å². The molecule has 0 radical (unpaired) electrons. The van der Waals surface area contributed by atoms with Crippen LogP contribution in [0.5, 0.6) is 0 Å². The zero-order valence-electron chi connectivity index (χ0n) is 17.4. The lowest BCUT2D eigenvalue weighted by Crippen LogP contribution is -2.49. The van der Waals surface area contributed by atoms with Crippen LogP contribution in [-0.2, 0) is 6.18 Å². The average molecular weight is 434 g/mol. The van der Waals surface area contributed by atoms with E-state index >= 15 is 0 Å². The second-order valence-electron chi connectivity index (χ2n) is 7.92. The molecule has 0 spiro atoms. The third kappa shape index (κ3) is 4.88. The number of hydrogen-bond acceptors (Lipinski definition) is 6. The number of pyridine rings is 1. The Labute approximate surface area is 178 Å². The molecule has 0 atom stereocenters. The van der Waals surface area contributed by atoms with Crippen LogP contribution >= 0.6 is 0 Å². The van der Waals surface area contributed by atoms with Crippen LogP contribution in [0.4, 0.5) is 24.9 Å². The molecule has 0 aromatic carbocycles. The Balaban J connectivity index is 1.40. The van der Waals surface area contributed by atoms with E-state index in [4.69, 9.17) is 4.98 Å². The molecule has 2 aliphatic rings. The van der Waals surface area contributed by atoms with E-state index in [9.17, 15) is 18.0 Å². The smallest absolute Gasteiger partial charge is 0.353 e. The summed E-state index contributed by atoms with van der Waals surface area (Å²) in [6.45, 7) is 5.99. The number of carbonyl (C=O) groups excluding carboxylic acids is 1. The summed E-state index contributed by atoms with van der Waals surface area (Å²) in [6, 6.07) is 3.98. The predicted molar refractivity (Wildman–Crippen MR) is 110 cm³/mol. The van der Waals surface area contributed by atoms with Crippen molar-refractivity contribution in [2.24, 2.45) is 0 Å². The molecule has 0 unspecified atom stereocenters. The predicted octanol–water partition coefficient (Wildman–Crippen LogP) is 3.15. The summed E-state index contributed by atoms with van der Waals surface area (Å²) in [5, 5.41) is 0. The second-order valence-corrected chi connectivity index (χ2v) is 7.92. The molecule has 0 N–H and O–H groups in total. The summed E-state index contributed by atoms with van der Waals surface area (Å²) in [5.41, 5.74) is 0.0594. The van der Waals surface area contributed by atoms with Gasteiger partial charge in [0.15, 0.2) is 0 Å². The second kappa shape index (κ2) is 8.68. The summed E-state index contributed by atoms with van der Waals surface area (Å²) < 4.78 is 38.0. The van der Waals surface area contributed by atoms with Gasteiger partial charge in [-0.2, -0.15) is 18.2 Å². The topological polar surface area (TPSA) is 65.5 Å². The number of rotatable bonds is 3. The molecule has 166 valence electrons. The molecule has 2 fully saturated rings. The number of piperidine rings is 1. The van der Waals surface area contributed by atoms with Crippen molar-refractivity contribution in [1.29, 1.82) is 0 Å². The van der Waals surface area contributed by atoms with Crippen molar-refractivity contribution in [2.45, 2.75) is 32.4 Å². The lowest BCUT2D eigenvalue weighted by atomic mass is 10.1. The Kier molecular flexibility index (Phi) is 5.97. The minimum atomic E-state index is -4.52. The van der Waals surface area contributed by atoms with Crippen molar-refractivity contribution in [1.82, 2.24) is 19.9 Å². The van der Waals surface area contributed by atoms with Crippen molar-refractivity contribution in [3.8, 4) is 0 Å². The van der Waals surface area contributed by atoms with E-state index in [1.165, 1.54) is 12.5 Å². The molecule has 1 amide bonds. The van der Waals surface area contributed by atoms with Gasteiger partial charge in [0.05, 0.1) is 5.56 Å². The van der Waals surface area contributed by atoms with Gasteiger partial charge in [-0.3, -0.25) is 9.78 Å².